The van der Waals surface area contributed by atoms with E-state index in [0.717, 1.165) is 40.3 Å². The molecule has 1 aromatic carbocycles. The van der Waals surface area contributed by atoms with Crippen molar-refractivity contribution in [3.8, 4) is 0 Å². The molecule has 25 heavy (non-hydrogen) atoms. The normalized spacial score (nSPS) is 11.4. The summed E-state index contributed by atoms with van der Waals surface area (Å²) in [5.74, 6) is 0.451. The van der Waals surface area contributed by atoms with Crippen molar-refractivity contribution < 1.29 is 13.7 Å². The Kier molecular flexibility index (Phi) is 9.24. The number of nitrogens with one attached hydrogen (secondary N) is 1. The number of para-hydroxylation sites is 1. The van der Waals surface area contributed by atoms with Crippen LogP contribution in [0, 0.1) is 5.92 Å². The largest absolute Gasteiger partial charge is 0.461 e. The molecule has 1 heterocycles. The molecule has 138 valence electrons. The third kappa shape index (κ3) is 6.17. The number of fused-ring (bicyclic) bond motifs is 1. The van der Waals surface area contributed by atoms with Gasteiger partial charge in [-0.3, -0.25) is 4.18 Å². The number of carbonyl (C=O) groups is 1. The van der Waals surface area contributed by atoms with E-state index in [9.17, 15) is 4.79 Å². The Morgan fingerprint density at radius 3 is 2.56 bits per heavy atom. The zero-order valence-electron chi connectivity index (χ0n) is 15.5. The summed E-state index contributed by atoms with van der Waals surface area (Å²) in [6.07, 6.45) is 0. The Morgan fingerprint density at radius 2 is 2.00 bits per heavy atom. The number of nitrogens with zero attached hydrogens (tertiary/aromatic N) is 1. The number of halogens is 1. The SMILES string of the molecule is CC(C)C.CCOC(=O)c1[nH]c2c(/C(C)=N/SOC)cccc2c1Br. The van der Waals surface area contributed by atoms with E-state index < -0.39 is 0 Å². The van der Waals surface area contributed by atoms with Crippen LogP contribution in [0.25, 0.3) is 10.9 Å². The van der Waals surface area contributed by atoms with Crippen LogP contribution >= 0.6 is 28.2 Å². The molecule has 0 atom stereocenters. The predicted octanol–water partition coefficient (Wildman–Crippen LogP) is 5.79. The second kappa shape index (κ2) is 10.6. The summed E-state index contributed by atoms with van der Waals surface area (Å²) in [6, 6.07) is 5.79. The molecule has 7 heteroatoms. The minimum Gasteiger partial charge on any atom is -0.461 e. The number of aromatic nitrogens is 1. The standard InChI is InChI=1S/C14H15BrN2O3S.C4H10/c1-4-20-14(18)13-11(15)10-7-5-6-9(12(10)16-13)8(2)17-21-19-3;1-4(2)3/h5-7,16H,4H2,1-3H3;4H,1-3H3/b17-8+;. The third-order valence-electron chi connectivity index (χ3n) is 2.89. The van der Waals surface area contributed by atoms with Crippen molar-refractivity contribution >= 4 is 50.7 Å². The fraction of sp³-hybridized carbons (Fsp3) is 0.444. The number of hydrogen-bond acceptors (Lipinski definition) is 5. The first-order chi connectivity index (χ1) is 11.8. The summed E-state index contributed by atoms with van der Waals surface area (Å²) in [7, 11) is 1.56. The molecular formula is C18H25BrN2O3S. The number of benzene rings is 1. The van der Waals surface area contributed by atoms with Gasteiger partial charge in [0.05, 0.1) is 29.4 Å². The molecule has 0 fully saturated rings. The van der Waals surface area contributed by atoms with Gasteiger partial charge in [0.2, 0.25) is 0 Å². The Morgan fingerprint density at radius 1 is 1.36 bits per heavy atom. The number of H-pyrrole nitrogens is 1. The molecule has 0 radical (unpaired) electrons. The molecule has 0 bridgehead atoms. The van der Waals surface area contributed by atoms with Gasteiger partial charge in [0.15, 0.2) is 0 Å². The van der Waals surface area contributed by atoms with Gasteiger partial charge < -0.3 is 9.72 Å². The summed E-state index contributed by atoms with van der Waals surface area (Å²) in [6.45, 7) is 10.5. The van der Waals surface area contributed by atoms with Crippen LogP contribution in [0.15, 0.2) is 27.1 Å². The topological polar surface area (TPSA) is 63.7 Å². The molecular weight excluding hydrogens is 404 g/mol. The average Bonchev–Trinajstić information content (AvgIpc) is 2.89. The predicted molar refractivity (Wildman–Crippen MR) is 109 cm³/mol. The minimum absolute atomic E-state index is 0.332. The van der Waals surface area contributed by atoms with E-state index in [1.54, 1.807) is 14.0 Å². The van der Waals surface area contributed by atoms with Crippen LogP contribution in [-0.2, 0) is 8.92 Å². The van der Waals surface area contributed by atoms with Crippen molar-refractivity contribution in [2.45, 2.75) is 34.6 Å². The summed E-state index contributed by atoms with van der Waals surface area (Å²) < 4.78 is 14.9. The van der Waals surface area contributed by atoms with Crippen molar-refractivity contribution in [3.05, 3.63) is 33.9 Å². The lowest BCUT2D eigenvalue weighted by Gasteiger charge is -2.02. The first-order valence-corrected chi connectivity index (χ1v) is 9.54. The second-order valence-corrected chi connectivity index (χ2v) is 7.37. The summed E-state index contributed by atoms with van der Waals surface area (Å²) in [4.78, 5) is 15.1. The van der Waals surface area contributed by atoms with E-state index in [-0.39, 0.29) is 5.97 Å². The number of esters is 1. The molecule has 1 N–H and O–H groups in total. The lowest BCUT2D eigenvalue weighted by molar-refractivity contribution is 0.0519. The van der Waals surface area contributed by atoms with Crippen molar-refractivity contribution in [1.29, 1.82) is 0 Å². The van der Waals surface area contributed by atoms with Crippen molar-refractivity contribution in [1.82, 2.24) is 4.98 Å². The van der Waals surface area contributed by atoms with E-state index in [0.29, 0.717) is 16.8 Å². The molecule has 5 nitrogen and oxygen atoms in total. The lowest BCUT2D eigenvalue weighted by atomic mass is 10.1. The van der Waals surface area contributed by atoms with Gasteiger partial charge in [0.1, 0.15) is 17.9 Å². The Labute approximate surface area is 162 Å². The molecule has 1 aromatic heterocycles. The summed E-state index contributed by atoms with van der Waals surface area (Å²) in [5, 5.41) is 0.910. The molecule has 0 saturated carbocycles. The molecule has 0 aliphatic rings. The first-order valence-electron chi connectivity index (χ1n) is 8.05. The van der Waals surface area contributed by atoms with Crippen LogP contribution in [0.2, 0.25) is 0 Å². The van der Waals surface area contributed by atoms with Gasteiger partial charge in [0, 0.05) is 10.9 Å². The third-order valence-corrected chi connectivity index (χ3v) is 4.21. The van der Waals surface area contributed by atoms with Gasteiger partial charge in [-0.25, -0.2) is 4.79 Å². The van der Waals surface area contributed by atoms with Crippen LogP contribution in [0.4, 0.5) is 0 Å². The molecule has 0 saturated heterocycles. The van der Waals surface area contributed by atoms with Crippen LogP contribution in [-0.4, -0.2) is 30.4 Å². The van der Waals surface area contributed by atoms with Crippen LogP contribution in [0.1, 0.15) is 50.7 Å². The van der Waals surface area contributed by atoms with E-state index in [4.69, 9.17) is 8.92 Å². The zero-order valence-corrected chi connectivity index (χ0v) is 17.9. The molecule has 0 aliphatic heterocycles. The van der Waals surface area contributed by atoms with Gasteiger partial charge in [-0.2, -0.15) is 4.40 Å². The van der Waals surface area contributed by atoms with Crippen LogP contribution in [0.5, 0.6) is 0 Å². The quantitative estimate of drug-likeness (QED) is 0.283. The van der Waals surface area contributed by atoms with E-state index >= 15 is 0 Å². The highest BCUT2D eigenvalue weighted by Gasteiger charge is 2.19. The van der Waals surface area contributed by atoms with Gasteiger partial charge in [-0.1, -0.05) is 39.0 Å². The fourth-order valence-electron chi connectivity index (χ4n) is 1.97. The van der Waals surface area contributed by atoms with Crippen LogP contribution < -0.4 is 0 Å². The number of ether oxygens (including phenoxy) is 1. The van der Waals surface area contributed by atoms with Crippen molar-refractivity contribution in [3.63, 3.8) is 0 Å². The first kappa shape index (κ1) is 21.7. The number of carbonyl (C=O) groups excluding carboxylic acids is 1. The van der Waals surface area contributed by atoms with Gasteiger partial charge >= 0.3 is 5.97 Å². The molecule has 2 rings (SSSR count). The smallest absolute Gasteiger partial charge is 0.355 e. The number of rotatable bonds is 5. The molecule has 0 amide bonds. The Bertz CT molecular complexity index is 738. The van der Waals surface area contributed by atoms with Crippen molar-refractivity contribution in [2.24, 2.45) is 10.3 Å². The van der Waals surface area contributed by atoms with E-state index in [1.807, 2.05) is 25.1 Å². The van der Waals surface area contributed by atoms with Crippen molar-refractivity contribution in [2.75, 3.05) is 13.7 Å². The van der Waals surface area contributed by atoms with Crippen LogP contribution in [0.3, 0.4) is 0 Å². The molecule has 0 unspecified atom stereocenters. The Hall–Kier alpha value is -1.31. The average molecular weight is 429 g/mol. The highest BCUT2D eigenvalue weighted by molar-refractivity contribution is 9.10. The Balaban J connectivity index is 0.000000705. The maximum absolute atomic E-state index is 12.0. The van der Waals surface area contributed by atoms with E-state index in [2.05, 4.69) is 46.1 Å². The second-order valence-electron chi connectivity index (χ2n) is 5.91. The van der Waals surface area contributed by atoms with Gasteiger partial charge in [-0.15, -0.1) is 0 Å². The van der Waals surface area contributed by atoms with Gasteiger partial charge in [0.25, 0.3) is 0 Å². The van der Waals surface area contributed by atoms with E-state index in [1.165, 1.54) is 0 Å². The fourth-order valence-corrected chi connectivity index (χ4v) is 2.85. The maximum atomic E-state index is 12.0. The molecule has 0 aliphatic carbocycles. The number of hydrogen-bond donors (Lipinski definition) is 1. The minimum atomic E-state index is -0.382. The maximum Gasteiger partial charge on any atom is 0.355 e. The monoisotopic (exact) mass is 428 g/mol. The zero-order chi connectivity index (χ0) is 19.0. The molecule has 0 spiro atoms. The summed E-state index contributed by atoms with van der Waals surface area (Å²) in [5.41, 5.74) is 2.96. The number of aromatic amines is 1. The highest BCUT2D eigenvalue weighted by Crippen LogP contribution is 2.31. The highest BCUT2D eigenvalue weighted by atomic mass is 79.9. The molecule has 2 aromatic rings. The van der Waals surface area contributed by atoms with Gasteiger partial charge in [-0.05, 0) is 35.7 Å². The lowest BCUT2D eigenvalue weighted by Crippen LogP contribution is -2.05. The summed E-state index contributed by atoms with van der Waals surface area (Å²) >= 11 is 4.47.